The van der Waals surface area contributed by atoms with E-state index >= 15 is 0 Å². The van der Waals surface area contributed by atoms with E-state index in [1.807, 2.05) is 12.1 Å². The maximum absolute atomic E-state index is 11.9. The molecule has 1 aromatic rings. The lowest BCUT2D eigenvalue weighted by molar-refractivity contribution is -0.141. The number of carbonyl (C=O) groups excluding carboxylic acids is 1. The Morgan fingerprint density at radius 3 is 2.59 bits per heavy atom. The highest BCUT2D eigenvalue weighted by Gasteiger charge is 2.49. The molecule has 0 spiro atoms. The molecule has 1 aromatic heterocycles. The standard InChI is InChI=1S/C12H14N2O3/c1-14(7-8-2-4-13-5-3-8)11(15)9-6-10(9)12(16)17/h2-5,9-10H,6-7H2,1H3,(H,16,17)/t9-,10+/m1/s1. The number of carboxylic acids is 1. The Balaban J connectivity index is 1.91. The molecule has 2 rings (SSSR count). The number of aromatic nitrogens is 1. The van der Waals surface area contributed by atoms with Crippen molar-refractivity contribution in [1.82, 2.24) is 9.88 Å². The molecule has 0 aromatic carbocycles. The molecule has 1 heterocycles. The molecule has 0 radical (unpaired) electrons. The quantitative estimate of drug-likeness (QED) is 0.835. The average Bonchev–Trinajstić information content (AvgIpc) is 3.09. The van der Waals surface area contributed by atoms with Gasteiger partial charge in [-0.2, -0.15) is 0 Å². The van der Waals surface area contributed by atoms with Crippen LogP contribution >= 0.6 is 0 Å². The molecule has 5 nitrogen and oxygen atoms in total. The van der Waals surface area contributed by atoms with Crippen molar-refractivity contribution in [3.8, 4) is 0 Å². The van der Waals surface area contributed by atoms with E-state index in [1.165, 1.54) is 0 Å². The Labute approximate surface area is 99.1 Å². The highest BCUT2D eigenvalue weighted by Crippen LogP contribution is 2.40. The highest BCUT2D eigenvalue weighted by atomic mass is 16.4. The number of nitrogens with zero attached hydrogens (tertiary/aromatic N) is 2. The van der Waals surface area contributed by atoms with Gasteiger partial charge in [0.15, 0.2) is 0 Å². The van der Waals surface area contributed by atoms with Crippen LogP contribution < -0.4 is 0 Å². The molecule has 5 heteroatoms. The second-order valence-corrected chi connectivity index (χ2v) is 4.34. The summed E-state index contributed by atoms with van der Waals surface area (Å²) in [5.74, 6) is -1.78. The van der Waals surface area contributed by atoms with E-state index in [1.54, 1.807) is 24.3 Å². The lowest BCUT2D eigenvalue weighted by atomic mass is 10.2. The van der Waals surface area contributed by atoms with Gasteiger partial charge in [-0.15, -0.1) is 0 Å². The fraction of sp³-hybridized carbons (Fsp3) is 0.417. The number of carbonyl (C=O) groups is 2. The minimum Gasteiger partial charge on any atom is -0.481 e. The number of carboxylic acid groups (broad SMARTS) is 1. The largest absolute Gasteiger partial charge is 0.481 e. The second-order valence-electron chi connectivity index (χ2n) is 4.34. The molecule has 2 atom stereocenters. The van der Waals surface area contributed by atoms with Crippen molar-refractivity contribution in [3.63, 3.8) is 0 Å². The van der Waals surface area contributed by atoms with Crippen LogP contribution in [0.25, 0.3) is 0 Å². The highest BCUT2D eigenvalue weighted by molar-refractivity contribution is 5.89. The molecule has 1 saturated carbocycles. The molecule has 0 unspecified atom stereocenters. The fourth-order valence-electron chi connectivity index (χ4n) is 1.86. The summed E-state index contributed by atoms with van der Waals surface area (Å²) in [7, 11) is 1.69. The van der Waals surface area contributed by atoms with Crippen molar-refractivity contribution in [2.75, 3.05) is 7.05 Å². The second kappa shape index (κ2) is 4.53. The first kappa shape index (κ1) is 11.6. The van der Waals surface area contributed by atoms with Crippen molar-refractivity contribution >= 4 is 11.9 Å². The molecule has 1 N–H and O–H groups in total. The van der Waals surface area contributed by atoms with Crippen LogP contribution in [0, 0.1) is 11.8 Å². The molecular weight excluding hydrogens is 220 g/mol. The summed E-state index contributed by atoms with van der Waals surface area (Å²) in [5.41, 5.74) is 0.989. The summed E-state index contributed by atoms with van der Waals surface area (Å²) in [4.78, 5) is 28.0. The van der Waals surface area contributed by atoms with Crippen LogP contribution in [0.1, 0.15) is 12.0 Å². The molecule has 0 aliphatic heterocycles. The van der Waals surface area contributed by atoms with Gasteiger partial charge in [-0.25, -0.2) is 0 Å². The number of hydrogen-bond acceptors (Lipinski definition) is 3. The third-order valence-corrected chi connectivity index (χ3v) is 2.97. The normalized spacial score (nSPS) is 21.9. The van der Waals surface area contributed by atoms with Gasteiger partial charge in [-0.1, -0.05) is 0 Å². The molecule has 17 heavy (non-hydrogen) atoms. The first-order valence-corrected chi connectivity index (χ1v) is 5.46. The minimum atomic E-state index is -0.874. The number of amides is 1. The molecule has 0 bridgehead atoms. The van der Waals surface area contributed by atoms with Gasteiger partial charge in [0.05, 0.1) is 11.8 Å². The Morgan fingerprint density at radius 1 is 1.41 bits per heavy atom. The number of aliphatic carboxylic acids is 1. The summed E-state index contributed by atoms with van der Waals surface area (Å²) < 4.78 is 0. The maximum atomic E-state index is 11.9. The van der Waals surface area contributed by atoms with Gasteiger partial charge in [0.2, 0.25) is 5.91 Å². The van der Waals surface area contributed by atoms with Crippen LogP contribution in [0.5, 0.6) is 0 Å². The van der Waals surface area contributed by atoms with Crippen LogP contribution in [-0.4, -0.2) is 33.9 Å². The first-order chi connectivity index (χ1) is 8.09. The minimum absolute atomic E-state index is 0.0887. The molecule has 1 fully saturated rings. The van der Waals surface area contributed by atoms with Crippen LogP contribution in [0.15, 0.2) is 24.5 Å². The van der Waals surface area contributed by atoms with E-state index in [-0.39, 0.29) is 11.8 Å². The van der Waals surface area contributed by atoms with Crippen molar-refractivity contribution in [2.45, 2.75) is 13.0 Å². The van der Waals surface area contributed by atoms with E-state index in [2.05, 4.69) is 4.98 Å². The molecular formula is C12H14N2O3. The maximum Gasteiger partial charge on any atom is 0.307 e. The van der Waals surface area contributed by atoms with Crippen LogP contribution in [0.3, 0.4) is 0 Å². The number of hydrogen-bond donors (Lipinski definition) is 1. The van der Waals surface area contributed by atoms with E-state index in [4.69, 9.17) is 5.11 Å². The summed E-state index contributed by atoms with van der Waals surface area (Å²) >= 11 is 0. The number of pyridine rings is 1. The number of rotatable bonds is 4. The van der Waals surface area contributed by atoms with Crippen LogP contribution in [0.2, 0.25) is 0 Å². The van der Waals surface area contributed by atoms with E-state index in [9.17, 15) is 9.59 Å². The van der Waals surface area contributed by atoms with Gasteiger partial charge in [0, 0.05) is 26.0 Å². The molecule has 1 amide bonds. The van der Waals surface area contributed by atoms with E-state index < -0.39 is 11.9 Å². The topological polar surface area (TPSA) is 70.5 Å². The van der Waals surface area contributed by atoms with Gasteiger partial charge in [-0.3, -0.25) is 14.6 Å². The third-order valence-electron chi connectivity index (χ3n) is 2.97. The monoisotopic (exact) mass is 234 g/mol. The predicted octanol–water partition coefficient (Wildman–Crippen LogP) is 0.761. The molecule has 1 aliphatic carbocycles. The summed E-state index contributed by atoms with van der Waals surface area (Å²) in [6.45, 7) is 0.490. The summed E-state index contributed by atoms with van der Waals surface area (Å²) in [6, 6.07) is 3.68. The van der Waals surface area contributed by atoms with Gasteiger partial charge >= 0.3 is 5.97 Å². The Hall–Kier alpha value is -1.91. The van der Waals surface area contributed by atoms with E-state index in [0.717, 1.165) is 5.56 Å². The summed E-state index contributed by atoms with van der Waals surface area (Å²) in [5, 5.41) is 8.77. The smallest absolute Gasteiger partial charge is 0.307 e. The molecule has 1 aliphatic rings. The lowest BCUT2D eigenvalue weighted by Crippen LogP contribution is -2.28. The molecule has 90 valence electrons. The zero-order valence-electron chi connectivity index (χ0n) is 9.54. The van der Waals surface area contributed by atoms with Crippen molar-refractivity contribution < 1.29 is 14.7 Å². The zero-order valence-corrected chi connectivity index (χ0v) is 9.54. The van der Waals surface area contributed by atoms with Crippen molar-refractivity contribution in [3.05, 3.63) is 30.1 Å². The summed E-state index contributed by atoms with van der Waals surface area (Å²) in [6.07, 6.45) is 3.81. The Kier molecular flexibility index (Phi) is 3.08. The van der Waals surface area contributed by atoms with Crippen molar-refractivity contribution in [2.24, 2.45) is 11.8 Å². The zero-order chi connectivity index (χ0) is 12.4. The van der Waals surface area contributed by atoms with Gasteiger partial charge in [0.1, 0.15) is 0 Å². The van der Waals surface area contributed by atoms with Gasteiger partial charge < -0.3 is 10.0 Å². The first-order valence-electron chi connectivity index (χ1n) is 5.46. The third kappa shape index (κ3) is 2.61. The van der Waals surface area contributed by atoms with Crippen LogP contribution in [0.4, 0.5) is 0 Å². The Bertz CT molecular complexity index is 433. The Morgan fingerprint density at radius 2 is 2.06 bits per heavy atom. The molecule has 0 saturated heterocycles. The fourth-order valence-corrected chi connectivity index (χ4v) is 1.86. The predicted molar refractivity (Wildman–Crippen MR) is 59.9 cm³/mol. The average molecular weight is 234 g/mol. The lowest BCUT2D eigenvalue weighted by Gasteiger charge is -2.16. The van der Waals surface area contributed by atoms with Crippen LogP contribution in [-0.2, 0) is 16.1 Å². The van der Waals surface area contributed by atoms with E-state index in [0.29, 0.717) is 13.0 Å². The van der Waals surface area contributed by atoms with Gasteiger partial charge in [0.25, 0.3) is 0 Å². The van der Waals surface area contributed by atoms with Crippen molar-refractivity contribution in [1.29, 1.82) is 0 Å². The van der Waals surface area contributed by atoms with Gasteiger partial charge in [-0.05, 0) is 24.1 Å². The SMILES string of the molecule is CN(Cc1ccncc1)C(=O)[C@@H]1C[C@@H]1C(=O)O.